The van der Waals surface area contributed by atoms with Crippen molar-refractivity contribution < 1.29 is 19.0 Å². The van der Waals surface area contributed by atoms with Crippen LogP contribution in [0.5, 0.6) is 5.75 Å². The van der Waals surface area contributed by atoms with Crippen LogP contribution in [0.1, 0.15) is 23.0 Å². The van der Waals surface area contributed by atoms with Gasteiger partial charge in [0.1, 0.15) is 11.6 Å². The normalized spacial score (nSPS) is 10.6. The summed E-state index contributed by atoms with van der Waals surface area (Å²) in [6, 6.07) is 4.46. The van der Waals surface area contributed by atoms with E-state index in [0.717, 1.165) is 0 Å². The minimum Gasteiger partial charge on any atom is -0.496 e. The molecule has 20 heavy (non-hydrogen) atoms. The Morgan fingerprint density at radius 2 is 2.15 bits per heavy atom. The van der Waals surface area contributed by atoms with Crippen molar-refractivity contribution in [3.05, 3.63) is 35.3 Å². The largest absolute Gasteiger partial charge is 0.496 e. The minimum atomic E-state index is -1.12. The summed E-state index contributed by atoms with van der Waals surface area (Å²) in [6.07, 6.45) is 0.515. The number of hydrogen-bond acceptors (Lipinski definition) is 3. The van der Waals surface area contributed by atoms with E-state index in [-0.39, 0.29) is 11.5 Å². The van der Waals surface area contributed by atoms with Crippen molar-refractivity contribution in [3.63, 3.8) is 0 Å². The molecule has 0 aliphatic rings. The second kappa shape index (κ2) is 5.32. The molecule has 5 nitrogen and oxygen atoms in total. The predicted molar refractivity (Wildman–Crippen MR) is 71.5 cm³/mol. The fourth-order valence-electron chi connectivity index (χ4n) is 2.13. The lowest BCUT2D eigenvalue weighted by molar-refractivity contribution is 0.0689. The highest BCUT2D eigenvalue weighted by molar-refractivity contribution is 5.87. The van der Waals surface area contributed by atoms with Gasteiger partial charge in [0.2, 0.25) is 0 Å². The number of halogens is 1. The number of aromatic carboxylic acids is 1. The van der Waals surface area contributed by atoms with E-state index in [1.165, 1.54) is 23.9 Å². The molecular formula is C14H15FN2O3. The Hall–Kier alpha value is -2.37. The van der Waals surface area contributed by atoms with Gasteiger partial charge in [-0.2, -0.15) is 5.10 Å². The van der Waals surface area contributed by atoms with Gasteiger partial charge in [0.25, 0.3) is 0 Å². The first kappa shape index (κ1) is 14.0. The first-order chi connectivity index (χ1) is 9.47. The highest BCUT2D eigenvalue weighted by Crippen LogP contribution is 2.30. The number of carboxylic acid groups (broad SMARTS) is 1. The van der Waals surface area contributed by atoms with Crippen molar-refractivity contribution in [2.45, 2.75) is 13.3 Å². The maximum absolute atomic E-state index is 14.1. The van der Waals surface area contributed by atoms with Gasteiger partial charge >= 0.3 is 5.97 Å². The standard InChI is InChI=1S/C14H15FN2O3/c1-4-9-10(15)5-8(6-13(9)20-3)12-7-11(14(18)19)16-17(12)2/h5-7H,4H2,1-3H3,(H,18,19). The molecule has 106 valence electrons. The van der Waals surface area contributed by atoms with E-state index in [4.69, 9.17) is 9.84 Å². The minimum absolute atomic E-state index is 0.0820. The molecule has 0 saturated carbocycles. The molecule has 0 atom stereocenters. The van der Waals surface area contributed by atoms with Crippen molar-refractivity contribution in [2.24, 2.45) is 7.05 Å². The van der Waals surface area contributed by atoms with Crippen LogP contribution < -0.4 is 4.74 Å². The first-order valence-electron chi connectivity index (χ1n) is 6.12. The molecule has 0 amide bonds. The highest BCUT2D eigenvalue weighted by Gasteiger charge is 2.16. The Labute approximate surface area is 115 Å². The van der Waals surface area contributed by atoms with E-state index < -0.39 is 5.97 Å². The molecule has 1 aromatic carbocycles. The molecule has 0 radical (unpaired) electrons. The fourth-order valence-corrected chi connectivity index (χ4v) is 2.13. The molecule has 0 saturated heterocycles. The van der Waals surface area contributed by atoms with Crippen molar-refractivity contribution >= 4 is 5.97 Å². The van der Waals surface area contributed by atoms with Gasteiger partial charge in [0.15, 0.2) is 5.69 Å². The maximum Gasteiger partial charge on any atom is 0.356 e. The van der Waals surface area contributed by atoms with Gasteiger partial charge in [-0.3, -0.25) is 4.68 Å². The molecule has 0 aliphatic carbocycles. The monoisotopic (exact) mass is 278 g/mol. The number of aromatic nitrogens is 2. The van der Waals surface area contributed by atoms with Gasteiger partial charge in [0, 0.05) is 18.2 Å². The van der Waals surface area contributed by atoms with E-state index in [9.17, 15) is 9.18 Å². The number of hydrogen-bond donors (Lipinski definition) is 1. The highest BCUT2D eigenvalue weighted by atomic mass is 19.1. The average molecular weight is 278 g/mol. The van der Waals surface area contributed by atoms with E-state index >= 15 is 0 Å². The molecule has 0 aliphatic heterocycles. The summed E-state index contributed by atoms with van der Waals surface area (Å²) in [5.74, 6) is -1.05. The average Bonchev–Trinajstić information content (AvgIpc) is 2.80. The van der Waals surface area contributed by atoms with Crippen molar-refractivity contribution in [1.29, 1.82) is 0 Å². The fraction of sp³-hybridized carbons (Fsp3) is 0.286. The summed E-state index contributed by atoms with van der Waals surface area (Å²) in [5, 5.41) is 12.8. The molecule has 1 N–H and O–H groups in total. The Morgan fingerprint density at radius 1 is 1.45 bits per heavy atom. The van der Waals surface area contributed by atoms with Gasteiger partial charge in [-0.25, -0.2) is 9.18 Å². The second-order valence-electron chi connectivity index (χ2n) is 4.34. The Kier molecular flexibility index (Phi) is 3.74. The molecule has 2 rings (SSSR count). The Bertz CT molecular complexity index is 665. The van der Waals surface area contributed by atoms with Crippen LogP contribution in [0.25, 0.3) is 11.3 Å². The first-order valence-corrected chi connectivity index (χ1v) is 6.12. The van der Waals surface area contributed by atoms with E-state index in [1.807, 2.05) is 6.92 Å². The van der Waals surface area contributed by atoms with Crippen molar-refractivity contribution in [3.8, 4) is 17.0 Å². The van der Waals surface area contributed by atoms with Gasteiger partial charge in [-0.05, 0) is 24.6 Å². The van der Waals surface area contributed by atoms with Gasteiger partial charge in [-0.15, -0.1) is 0 Å². The third kappa shape index (κ3) is 2.36. The van der Waals surface area contributed by atoms with E-state index in [0.29, 0.717) is 29.0 Å². The zero-order valence-electron chi connectivity index (χ0n) is 11.5. The zero-order valence-corrected chi connectivity index (χ0v) is 11.5. The summed E-state index contributed by atoms with van der Waals surface area (Å²) >= 11 is 0. The summed E-state index contributed by atoms with van der Waals surface area (Å²) in [5.41, 5.74) is 1.46. The third-order valence-corrected chi connectivity index (χ3v) is 3.12. The number of benzene rings is 1. The van der Waals surface area contributed by atoms with Gasteiger partial charge in [0.05, 0.1) is 12.8 Å². The number of ether oxygens (including phenoxy) is 1. The summed E-state index contributed by atoms with van der Waals surface area (Å²) in [6.45, 7) is 1.84. The number of carboxylic acids is 1. The van der Waals surface area contributed by atoms with E-state index in [1.54, 1.807) is 13.1 Å². The Morgan fingerprint density at radius 3 is 2.65 bits per heavy atom. The second-order valence-corrected chi connectivity index (χ2v) is 4.34. The zero-order chi connectivity index (χ0) is 14.9. The van der Waals surface area contributed by atoms with Crippen molar-refractivity contribution in [2.75, 3.05) is 7.11 Å². The van der Waals surface area contributed by atoms with Gasteiger partial charge in [-0.1, -0.05) is 6.92 Å². The molecule has 6 heteroatoms. The summed E-state index contributed by atoms with van der Waals surface area (Å²) in [7, 11) is 3.09. The van der Waals surface area contributed by atoms with Crippen LogP contribution >= 0.6 is 0 Å². The number of rotatable bonds is 4. The van der Waals surface area contributed by atoms with Crippen molar-refractivity contribution in [1.82, 2.24) is 9.78 Å². The van der Waals surface area contributed by atoms with E-state index in [2.05, 4.69) is 5.10 Å². The molecule has 0 unspecified atom stereocenters. The Balaban J connectivity index is 2.58. The lowest BCUT2D eigenvalue weighted by Crippen LogP contribution is -2.00. The lowest BCUT2D eigenvalue weighted by Gasteiger charge is -2.11. The van der Waals surface area contributed by atoms with Crippen LogP contribution in [0.15, 0.2) is 18.2 Å². The van der Waals surface area contributed by atoms with Crippen LogP contribution in [0.2, 0.25) is 0 Å². The van der Waals surface area contributed by atoms with Crippen LogP contribution in [-0.4, -0.2) is 28.0 Å². The quantitative estimate of drug-likeness (QED) is 0.933. The number of aryl methyl sites for hydroxylation is 1. The lowest BCUT2D eigenvalue weighted by atomic mass is 10.0. The van der Waals surface area contributed by atoms with Crippen LogP contribution in [-0.2, 0) is 13.5 Å². The number of methoxy groups -OCH3 is 1. The smallest absolute Gasteiger partial charge is 0.356 e. The summed E-state index contributed by atoms with van der Waals surface area (Å²) in [4.78, 5) is 10.9. The molecule has 2 aromatic rings. The molecule has 0 bridgehead atoms. The topological polar surface area (TPSA) is 64.3 Å². The molecule has 1 aromatic heterocycles. The number of nitrogens with zero attached hydrogens (tertiary/aromatic N) is 2. The molecule has 0 fully saturated rings. The molecule has 0 spiro atoms. The molecule has 1 heterocycles. The van der Waals surface area contributed by atoms with Gasteiger partial charge < -0.3 is 9.84 Å². The maximum atomic E-state index is 14.1. The van der Waals surface area contributed by atoms with Crippen LogP contribution in [0.4, 0.5) is 4.39 Å². The van der Waals surface area contributed by atoms with Crippen LogP contribution in [0.3, 0.4) is 0 Å². The van der Waals surface area contributed by atoms with Crippen LogP contribution in [0, 0.1) is 5.82 Å². The molecular weight excluding hydrogens is 263 g/mol. The SMILES string of the molecule is CCc1c(F)cc(-c2cc(C(=O)O)nn2C)cc1OC. The number of carbonyl (C=O) groups is 1. The predicted octanol–water partition coefficient (Wildman–Crippen LogP) is 2.50. The summed E-state index contributed by atoms with van der Waals surface area (Å²) < 4.78 is 20.6. The third-order valence-electron chi connectivity index (χ3n) is 3.12.